The van der Waals surface area contributed by atoms with Crippen LogP contribution in [-0.2, 0) is 0 Å². The van der Waals surface area contributed by atoms with Gasteiger partial charge in [-0.05, 0) is 31.7 Å². The van der Waals surface area contributed by atoms with E-state index in [0.29, 0.717) is 0 Å². The van der Waals surface area contributed by atoms with Gasteiger partial charge in [0.05, 0.1) is 6.04 Å². The largest absolute Gasteiger partial charge is 0.331 e. The van der Waals surface area contributed by atoms with Gasteiger partial charge >= 0.3 is 6.03 Å². The number of piperazine rings is 1. The van der Waals surface area contributed by atoms with Crippen molar-refractivity contribution in [2.75, 3.05) is 33.2 Å². The Morgan fingerprint density at radius 3 is 2.37 bits per heavy atom. The van der Waals surface area contributed by atoms with Gasteiger partial charge in [0, 0.05) is 26.2 Å². The van der Waals surface area contributed by atoms with Gasteiger partial charge in [0.25, 0.3) is 0 Å². The van der Waals surface area contributed by atoms with Gasteiger partial charge in [-0.25, -0.2) is 9.18 Å². The van der Waals surface area contributed by atoms with Crippen LogP contribution >= 0.6 is 0 Å². The zero-order valence-electron chi connectivity index (χ0n) is 11.4. The van der Waals surface area contributed by atoms with Crippen LogP contribution in [0.4, 0.5) is 9.18 Å². The van der Waals surface area contributed by atoms with Gasteiger partial charge in [0.1, 0.15) is 5.82 Å². The molecule has 1 aliphatic heterocycles. The van der Waals surface area contributed by atoms with Crippen molar-refractivity contribution in [3.63, 3.8) is 0 Å². The molecule has 2 rings (SSSR count). The van der Waals surface area contributed by atoms with E-state index in [1.165, 1.54) is 12.1 Å². The quantitative estimate of drug-likeness (QED) is 0.885. The molecule has 1 aromatic rings. The van der Waals surface area contributed by atoms with Crippen LogP contribution in [0.1, 0.15) is 18.5 Å². The van der Waals surface area contributed by atoms with E-state index in [4.69, 9.17) is 0 Å². The third-order valence-corrected chi connectivity index (χ3v) is 3.50. The van der Waals surface area contributed by atoms with Gasteiger partial charge in [-0.15, -0.1) is 0 Å². The molecule has 19 heavy (non-hydrogen) atoms. The number of nitrogens with one attached hydrogen (secondary N) is 1. The van der Waals surface area contributed by atoms with Gasteiger partial charge in [0.15, 0.2) is 0 Å². The van der Waals surface area contributed by atoms with Crippen molar-refractivity contribution in [1.82, 2.24) is 15.1 Å². The van der Waals surface area contributed by atoms with E-state index >= 15 is 0 Å². The molecule has 4 nitrogen and oxygen atoms in total. The Labute approximate surface area is 113 Å². The molecule has 1 saturated heterocycles. The maximum absolute atomic E-state index is 12.8. The number of nitrogens with zero attached hydrogens (tertiary/aromatic N) is 2. The molecule has 1 aromatic carbocycles. The van der Waals surface area contributed by atoms with Crippen LogP contribution < -0.4 is 5.32 Å². The maximum Gasteiger partial charge on any atom is 0.317 e. The second kappa shape index (κ2) is 6.02. The molecule has 1 aliphatic rings. The summed E-state index contributed by atoms with van der Waals surface area (Å²) in [4.78, 5) is 16.1. The van der Waals surface area contributed by atoms with Crippen LogP contribution in [0.15, 0.2) is 24.3 Å². The lowest BCUT2D eigenvalue weighted by Crippen LogP contribution is -2.51. The number of hydrogen-bond acceptors (Lipinski definition) is 2. The number of halogens is 1. The second-order valence-electron chi connectivity index (χ2n) is 5.01. The minimum Gasteiger partial charge on any atom is -0.331 e. The second-order valence-corrected chi connectivity index (χ2v) is 5.01. The Morgan fingerprint density at radius 2 is 1.79 bits per heavy atom. The summed E-state index contributed by atoms with van der Waals surface area (Å²) in [6.45, 7) is 5.20. The molecule has 0 aromatic heterocycles. The fourth-order valence-electron chi connectivity index (χ4n) is 2.12. The zero-order valence-corrected chi connectivity index (χ0v) is 11.4. The summed E-state index contributed by atoms with van der Waals surface area (Å²) in [6.07, 6.45) is 0. The number of urea groups is 1. The van der Waals surface area contributed by atoms with Gasteiger partial charge in [0.2, 0.25) is 0 Å². The number of carbonyl (C=O) groups excluding carboxylic acids is 1. The fourth-order valence-corrected chi connectivity index (χ4v) is 2.12. The predicted octanol–water partition coefficient (Wildman–Crippen LogP) is 1.84. The highest BCUT2D eigenvalue weighted by Gasteiger charge is 2.20. The summed E-state index contributed by atoms with van der Waals surface area (Å²) in [5.74, 6) is -0.263. The predicted molar refractivity (Wildman–Crippen MR) is 72.4 cm³/mol. The summed E-state index contributed by atoms with van der Waals surface area (Å²) >= 11 is 0. The van der Waals surface area contributed by atoms with Crippen molar-refractivity contribution in [2.24, 2.45) is 0 Å². The third kappa shape index (κ3) is 3.67. The molecule has 1 heterocycles. The Hall–Kier alpha value is -1.62. The minimum atomic E-state index is -0.263. The standard InChI is InChI=1S/C14H20FN3O/c1-11(12-3-5-13(15)6-4-12)16-14(19)18-9-7-17(2)8-10-18/h3-6,11H,7-10H2,1-2H3,(H,16,19). The molecular weight excluding hydrogens is 245 g/mol. The van der Waals surface area contributed by atoms with Crippen LogP contribution in [-0.4, -0.2) is 49.1 Å². The monoisotopic (exact) mass is 265 g/mol. The van der Waals surface area contributed by atoms with Gasteiger partial charge < -0.3 is 15.1 Å². The average molecular weight is 265 g/mol. The molecule has 0 aliphatic carbocycles. The van der Waals surface area contributed by atoms with Gasteiger partial charge in [-0.3, -0.25) is 0 Å². The van der Waals surface area contributed by atoms with Crippen LogP contribution in [0.5, 0.6) is 0 Å². The molecule has 0 radical (unpaired) electrons. The highest BCUT2D eigenvalue weighted by molar-refractivity contribution is 5.74. The van der Waals surface area contributed by atoms with Crippen molar-refractivity contribution < 1.29 is 9.18 Å². The molecule has 2 amide bonds. The summed E-state index contributed by atoms with van der Waals surface area (Å²) in [6, 6.07) is 6.05. The van der Waals surface area contributed by atoms with E-state index < -0.39 is 0 Å². The lowest BCUT2D eigenvalue weighted by molar-refractivity contribution is 0.152. The van der Waals surface area contributed by atoms with Crippen molar-refractivity contribution in [3.8, 4) is 0 Å². The lowest BCUT2D eigenvalue weighted by atomic mass is 10.1. The van der Waals surface area contributed by atoms with E-state index in [1.54, 1.807) is 12.1 Å². The van der Waals surface area contributed by atoms with Crippen molar-refractivity contribution in [1.29, 1.82) is 0 Å². The first-order chi connectivity index (χ1) is 9.06. The van der Waals surface area contributed by atoms with E-state index in [0.717, 1.165) is 31.7 Å². The summed E-state index contributed by atoms with van der Waals surface area (Å²) in [5.41, 5.74) is 0.906. The molecule has 0 saturated carbocycles. The van der Waals surface area contributed by atoms with Crippen molar-refractivity contribution >= 4 is 6.03 Å². The third-order valence-electron chi connectivity index (χ3n) is 3.50. The summed E-state index contributed by atoms with van der Waals surface area (Å²) < 4.78 is 12.8. The number of carbonyl (C=O) groups is 1. The Morgan fingerprint density at radius 1 is 1.21 bits per heavy atom. The molecule has 1 unspecified atom stereocenters. The van der Waals surface area contributed by atoms with E-state index in [2.05, 4.69) is 17.3 Å². The normalized spacial score (nSPS) is 18.2. The minimum absolute atomic E-state index is 0.0510. The average Bonchev–Trinajstić information content (AvgIpc) is 2.40. The topological polar surface area (TPSA) is 35.6 Å². The van der Waals surface area contributed by atoms with E-state index in [1.807, 2.05) is 11.8 Å². The van der Waals surface area contributed by atoms with Crippen LogP contribution in [0, 0.1) is 5.82 Å². The van der Waals surface area contributed by atoms with E-state index in [9.17, 15) is 9.18 Å². The summed E-state index contributed by atoms with van der Waals surface area (Å²) in [5, 5.41) is 2.95. The number of likely N-dealkylation sites (N-methyl/N-ethyl adjacent to an activating group) is 1. The lowest BCUT2D eigenvalue weighted by Gasteiger charge is -2.33. The molecule has 1 fully saturated rings. The molecule has 1 N–H and O–H groups in total. The number of amides is 2. The first-order valence-electron chi connectivity index (χ1n) is 6.55. The van der Waals surface area contributed by atoms with Gasteiger partial charge in [-0.1, -0.05) is 12.1 Å². The Bertz CT molecular complexity index is 427. The maximum atomic E-state index is 12.8. The van der Waals surface area contributed by atoms with Crippen LogP contribution in [0.2, 0.25) is 0 Å². The first kappa shape index (κ1) is 13.8. The molecule has 104 valence electrons. The van der Waals surface area contributed by atoms with Crippen LogP contribution in [0.25, 0.3) is 0 Å². The summed E-state index contributed by atoms with van der Waals surface area (Å²) in [7, 11) is 2.05. The molecule has 5 heteroatoms. The number of hydrogen-bond donors (Lipinski definition) is 1. The van der Waals surface area contributed by atoms with Gasteiger partial charge in [-0.2, -0.15) is 0 Å². The van der Waals surface area contributed by atoms with Crippen LogP contribution in [0.3, 0.4) is 0 Å². The smallest absolute Gasteiger partial charge is 0.317 e. The first-order valence-corrected chi connectivity index (χ1v) is 6.55. The zero-order chi connectivity index (χ0) is 13.8. The highest BCUT2D eigenvalue weighted by Crippen LogP contribution is 2.13. The Balaban J connectivity index is 1.89. The van der Waals surface area contributed by atoms with Crippen molar-refractivity contribution in [2.45, 2.75) is 13.0 Å². The molecule has 1 atom stereocenters. The number of benzene rings is 1. The number of rotatable bonds is 2. The van der Waals surface area contributed by atoms with Crippen molar-refractivity contribution in [3.05, 3.63) is 35.6 Å². The molecular formula is C14H20FN3O. The Kier molecular flexibility index (Phi) is 4.37. The fraction of sp³-hybridized carbons (Fsp3) is 0.500. The van der Waals surface area contributed by atoms with E-state index in [-0.39, 0.29) is 17.9 Å². The highest BCUT2D eigenvalue weighted by atomic mass is 19.1. The molecule has 0 bridgehead atoms. The SMILES string of the molecule is CC(NC(=O)N1CCN(C)CC1)c1ccc(F)cc1. The molecule has 0 spiro atoms.